The maximum absolute atomic E-state index is 11.8. The molecule has 0 aromatic carbocycles. The number of nitrogens with zero attached hydrogens (tertiary/aromatic N) is 1. The maximum atomic E-state index is 11.8. The third-order valence-corrected chi connectivity index (χ3v) is 5.78. The monoisotopic (exact) mass is 281 g/mol. The molecule has 1 heterocycles. The highest BCUT2D eigenvalue weighted by molar-refractivity contribution is 8.00. The predicted molar refractivity (Wildman–Crippen MR) is 68.8 cm³/mol. The van der Waals surface area contributed by atoms with Crippen molar-refractivity contribution in [2.75, 3.05) is 30.9 Å². The van der Waals surface area contributed by atoms with Gasteiger partial charge in [-0.25, -0.2) is 8.42 Å². The van der Waals surface area contributed by atoms with Gasteiger partial charge in [-0.3, -0.25) is 4.79 Å². The molecule has 1 saturated heterocycles. The molecule has 2 atom stereocenters. The van der Waals surface area contributed by atoms with E-state index < -0.39 is 9.84 Å². The zero-order valence-corrected chi connectivity index (χ0v) is 11.8. The largest absolute Gasteiger partial charge is 0.395 e. The Morgan fingerprint density at radius 3 is 2.71 bits per heavy atom. The molecule has 0 aliphatic carbocycles. The van der Waals surface area contributed by atoms with Crippen molar-refractivity contribution in [2.45, 2.75) is 24.6 Å². The summed E-state index contributed by atoms with van der Waals surface area (Å²) in [5.41, 5.74) is 0. The molecule has 0 radical (unpaired) electrons. The van der Waals surface area contributed by atoms with E-state index in [1.165, 1.54) is 16.7 Å². The summed E-state index contributed by atoms with van der Waals surface area (Å²) >= 11 is 1.38. The van der Waals surface area contributed by atoms with Gasteiger partial charge < -0.3 is 10.0 Å². The zero-order valence-electron chi connectivity index (χ0n) is 10.1. The van der Waals surface area contributed by atoms with Crippen LogP contribution in [0, 0.1) is 0 Å². The molecule has 1 aliphatic rings. The molecule has 0 saturated carbocycles. The number of carbonyl (C=O) groups excluding carboxylic acids is 1. The molecule has 0 bridgehead atoms. The van der Waals surface area contributed by atoms with Crippen LogP contribution in [0.4, 0.5) is 0 Å². The van der Waals surface area contributed by atoms with Gasteiger partial charge in [0.15, 0.2) is 9.84 Å². The first kappa shape index (κ1) is 14.8. The normalized spacial score (nSPS) is 24.5. The second-order valence-electron chi connectivity index (χ2n) is 4.37. The lowest BCUT2D eigenvalue weighted by molar-refractivity contribution is -0.128. The third-order valence-electron chi connectivity index (χ3n) is 2.90. The van der Waals surface area contributed by atoms with Crippen LogP contribution in [0.25, 0.3) is 0 Å². The van der Waals surface area contributed by atoms with Crippen molar-refractivity contribution in [3.05, 3.63) is 0 Å². The van der Waals surface area contributed by atoms with E-state index in [2.05, 4.69) is 0 Å². The highest BCUT2D eigenvalue weighted by atomic mass is 32.2. The van der Waals surface area contributed by atoms with Crippen molar-refractivity contribution in [1.82, 2.24) is 4.90 Å². The van der Waals surface area contributed by atoms with Crippen molar-refractivity contribution < 1.29 is 18.3 Å². The number of amides is 1. The summed E-state index contributed by atoms with van der Waals surface area (Å²) in [4.78, 5) is 13.3. The van der Waals surface area contributed by atoms with Gasteiger partial charge in [0.1, 0.15) is 0 Å². The minimum atomic E-state index is -2.95. The van der Waals surface area contributed by atoms with Crippen LogP contribution in [-0.2, 0) is 14.6 Å². The van der Waals surface area contributed by atoms with Gasteiger partial charge in [-0.2, -0.15) is 0 Å². The summed E-state index contributed by atoms with van der Waals surface area (Å²) in [5.74, 6) is 0.470. The average molecular weight is 281 g/mol. The van der Waals surface area contributed by atoms with Crippen LogP contribution < -0.4 is 0 Å². The van der Waals surface area contributed by atoms with Crippen LogP contribution in [0.15, 0.2) is 0 Å². The van der Waals surface area contributed by atoms with Gasteiger partial charge in [-0.05, 0) is 6.42 Å². The van der Waals surface area contributed by atoms with Crippen LogP contribution in [-0.4, -0.2) is 66.5 Å². The summed E-state index contributed by atoms with van der Waals surface area (Å²) in [7, 11) is -1.30. The van der Waals surface area contributed by atoms with E-state index in [1.807, 2.05) is 6.92 Å². The Kier molecular flexibility index (Phi) is 5.27. The van der Waals surface area contributed by atoms with Gasteiger partial charge in [-0.1, -0.05) is 6.92 Å². The smallest absolute Gasteiger partial charge is 0.232 e. The number of hydrogen-bond donors (Lipinski definition) is 1. The SMILES string of the molecule is CC(CO)SCC(=O)N(C)C1CCS(=O)(=O)C1. The quantitative estimate of drug-likeness (QED) is 0.752. The van der Waals surface area contributed by atoms with E-state index in [1.54, 1.807) is 7.05 Å². The molecule has 5 nitrogen and oxygen atoms in total. The number of aliphatic hydroxyl groups excluding tert-OH is 1. The van der Waals surface area contributed by atoms with E-state index in [-0.39, 0.29) is 41.1 Å². The Morgan fingerprint density at radius 1 is 1.59 bits per heavy atom. The number of rotatable bonds is 5. The van der Waals surface area contributed by atoms with Crippen LogP contribution in [0.3, 0.4) is 0 Å². The minimum Gasteiger partial charge on any atom is -0.395 e. The van der Waals surface area contributed by atoms with Gasteiger partial charge >= 0.3 is 0 Å². The van der Waals surface area contributed by atoms with Crippen molar-refractivity contribution in [3.8, 4) is 0 Å². The highest BCUT2D eigenvalue weighted by Gasteiger charge is 2.32. The molecule has 1 aliphatic heterocycles. The molecule has 100 valence electrons. The summed E-state index contributed by atoms with van der Waals surface area (Å²) in [6.07, 6.45) is 0.533. The topological polar surface area (TPSA) is 74.7 Å². The van der Waals surface area contributed by atoms with E-state index in [4.69, 9.17) is 5.11 Å². The summed E-state index contributed by atoms with van der Waals surface area (Å²) in [5, 5.41) is 8.87. The minimum absolute atomic E-state index is 0.0275. The standard InChI is InChI=1S/C10H19NO4S2/c1-8(5-12)16-6-10(13)11(2)9-3-4-17(14,15)7-9/h8-9,12H,3-7H2,1-2H3. The molecule has 1 N–H and O–H groups in total. The Bertz CT molecular complexity index is 369. The van der Waals surface area contributed by atoms with E-state index in [0.717, 1.165) is 0 Å². The van der Waals surface area contributed by atoms with E-state index >= 15 is 0 Å². The second kappa shape index (κ2) is 6.06. The Hall–Kier alpha value is -0.270. The number of hydrogen-bond acceptors (Lipinski definition) is 5. The Balaban J connectivity index is 2.42. The fourth-order valence-corrected chi connectivity index (χ4v) is 4.16. The van der Waals surface area contributed by atoms with Gasteiger partial charge in [-0.15, -0.1) is 11.8 Å². The molecule has 0 aromatic rings. The molecule has 1 rings (SSSR count). The molecule has 7 heteroatoms. The lowest BCUT2D eigenvalue weighted by Crippen LogP contribution is -2.39. The average Bonchev–Trinajstić information content (AvgIpc) is 2.64. The second-order valence-corrected chi connectivity index (χ2v) is 8.02. The molecule has 0 spiro atoms. The Labute approximate surface area is 106 Å². The van der Waals surface area contributed by atoms with Crippen molar-refractivity contribution >= 4 is 27.5 Å². The molecule has 2 unspecified atom stereocenters. The molecular formula is C10H19NO4S2. The molecule has 1 amide bonds. The summed E-state index contributed by atoms with van der Waals surface area (Å²) in [6, 6.07) is -0.183. The molecule has 17 heavy (non-hydrogen) atoms. The van der Waals surface area contributed by atoms with Crippen molar-refractivity contribution in [3.63, 3.8) is 0 Å². The van der Waals surface area contributed by atoms with Crippen LogP contribution in [0.1, 0.15) is 13.3 Å². The van der Waals surface area contributed by atoms with Gasteiger partial charge in [0.05, 0.1) is 23.9 Å². The van der Waals surface area contributed by atoms with Crippen LogP contribution >= 0.6 is 11.8 Å². The fraction of sp³-hybridized carbons (Fsp3) is 0.900. The Morgan fingerprint density at radius 2 is 2.24 bits per heavy atom. The lowest BCUT2D eigenvalue weighted by Gasteiger charge is -2.23. The van der Waals surface area contributed by atoms with Crippen LogP contribution in [0.5, 0.6) is 0 Å². The number of carbonyl (C=O) groups is 1. The first-order chi connectivity index (χ1) is 7.85. The lowest BCUT2D eigenvalue weighted by atomic mass is 10.2. The fourth-order valence-electron chi connectivity index (χ4n) is 1.65. The van der Waals surface area contributed by atoms with Crippen molar-refractivity contribution in [1.29, 1.82) is 0 Å². The number of thioether (sulfide) groups is 1. The number of sulfone groups is 1. The van der Waals surface area contributed by atoms with Crippen LogP contribution in [0.2, 0.25) is 0 Å². The number of aliphatic hydroxyl groups is 1. The maximum Gasteiger partial charge on any atom is 0.232 e. The van der Waals surface area contributed by atoms with Gasteiger partial charge in [0.2, 0.25) is 5.91 Å². The third kappa shape index (κ3) is 4.48. The van der Waals surface area contributed by atoms with Gasteiger partial charge in [0, 0.05) is 18.3 Å². The van der Waals surface area contributed by atoms with Gasteiger partial charge in [0.25, 0.3) is 0 Å². The van der Waals surface area contributed by atoms with E-state index in [9.17, 15) is 13.2 Å². The molecular weight excluding hydrogens is 262 g/mol. The first-order valence-electron chi connectivity index (χ1n) is 5.54. The summed E-state index contributed by atoms with van der Waals surface area (Å²) < 4.78 is 22.6. The van der Waals surface area contributed by atoms with Crippen molar-refractivity contribution in [2.24, 2.45) is 0 Å². The first-order valence-corrected chi connectivity index (χ1v) is 8.41. The predicted octanol–water partition coefficient (Wildman–Crippen LogP) is -0.254. The summed E-state index contributed by atoms with van der Waals surface area (Å²) in [6.45, 7) is 1.89. The zero-order chi connectivity index (χ0) is 13.1. The van der Waals surface area contributed by atoms with E-state index in [0.29, 0.717) is 6.42 Å². The molecule has 0 aromatic heterocycles. The molecule has 1 fully saturated rings. The highest BCUT2D eigenvalue weighted by Crippen LogP contribution is 2.18.